The third kappa shape index (κ3) is 4.83. The fourth-order valence-corrected chi connectivity index (χ4v) is 3.68. The lowest BCUT2D eigenvalue weighted by atomic mass is 9.99. The molecule has 0 radical (unpaired) electrons. The first kappa shape index (κ1) is 18.9. The summed E-state index contributed by atoms with van der Waals surface area (Å²) in [5.74, 6) is 0.576. The smallest absolute Gasteiger partial charge is 0.258 e. The molecule has 1 heterocycles. The minimum atomic E-state index is -0.242. The summed E-state index contributed by atoms with van der Waals surface area (Å²) in [7, 11) is 0. The van der Waals surface area contributed by atoms with Crippen LogP contribution in [-0.2, 0) is 0 Å². The van der Waals surface area contributed by atoms with E-state index < -0.39 is 0 Å². The zero-order chi connectivity index (χ0) is 18.5. The number of rotatable bonds is 3. The number of carbonyl (C=O) groups excluding carboxylic acids is 1. The summed E-state index contributed by atoms with van der Waals surface area (Å²) in [5, 5.41) is 6.06. The van der Waals surface area contributed by atoms with Crippen LogP contribution in [0.4, 0.5) is 11.4 Å². The molecule has 1 aliphatic heterocycles. The monoisotopic (exact) mass is 431 g/mol. The quantitative estimate of drug-likeness (QED) is 0.684. The molecule has 1 saturated heterocycles. The highest BCUT2D eigenvalue weighted by atomic mass is 79.9. The Balaban J connectivity index is 1.56. The van der Waals surface area contributed by atoms with Gasteiger partial charge in [0.2, 0.25) is 0 Å². The number of halogens is 1. The average Bonchev–Trinajstić information content (AvgIpc) is 2.63. The van der Waals surface area contributed by atoms with E-state index in [0.717, 1.165) is 29.2 Å². The summed E-state index contributed by atoms with van der Waals surface area (Å²) in [4.78, 5) is 14.7. The van der Waals surface area contributed by atoms with Crippen molar-refractivity contribution in [3.8, 4) is 0 Å². The van der Waals surface area contributed by atoms with Gasteiger partial charge in [0, 0.05) is 28.9 Å². The van der Waals surface area contributed by atoms with Crippen LogP contribution >= 0.6 is 28.1 Å². The number of nitrogens with zero attached hydrogens (tertiary/aromatic N) is 1. The zero-order valence-electron chi connectivity index (χ0n) is 14.7. The van der Waals surface area contributed by atoms with E-state index in [1.807, 2.05) is 30.3 Å². The molecule has 1 amide bonds. The van der Waals surface area contributed by atoms with Gasteiger partial charge in [-0.25, -0.2) is 0 Å². The molecule has 0 saturated carbocycles. The highest BCUT2D eigenvalue weighted by molar-refractivity contribution is 9.10. The molecule has 1 fully saturated rings. The van der Waals surface area contributed by atoms with Gasteiger partial charge in [-0.15, -0.1) is 0 Å². The van der Waals surface area contributed by atoms with Crippen molar-refractivity contribution in [3.05, 3.63) is 58.6 Å². The Morgan fingerprint density at radius 3 is 2.42 bits per heavy atom. The van der Waals surface area contributed by atoms with Gasteiger partial charge in [0.05, 0.1) is 5.56 Å². The number of carbonyl (C=O) groups is 1. The van der Waals surface area contributed by atoms with E-state index in [4.69, 9.17) is 12.2 Å². The Kier molecular flexibility index (Phi) is 6.27. The van der Waals surface area contributed by atoms with E-state index in [9.17, 15) is 4.79 Å². The average molecular weight is 432 g/mol. The first-order valence-corrected chi connectivity index (χ1v) is 9.95. The second-order valence-corrected chi connectivity index (χ2v) is 7.87. The molecule has 136 valence electrons. The topological polar surface area (TPSA) is 44.4 Å². The molecule has 0 spiro atoms. The maximum atomic E-state index is 12.3. The molecule has 2 aromatic carbocycles. The molecule has 0 bridgehead atoms. The number of nitrogens with one attached hydrogen (secondary N) is 2. The first-order chi connectivity index (χ1) is 12.5. The number of hydrogen-bond acceptors (Lipinski definition) is 3. The lowest BCUT2D eigenvalue weighted by molar-refractivity contribution is 0.0977. The molecule has 1 aliphatic rings. The molecule has 0 aromatic heterocycles. The fourth-order valence-electron chi connectivity index (χ4n) is 3.00. The van der Waals surface area contributed by atoms with Crippen LogP contribution in [-0.4, -0.2) is 24.1 Å². The van der Waals surface area contributed by atoms with Crippen molar-refractivity contribution in [1.82, 2.24) is 5.32 Å². The highest BCUT2D eigenvalue weighted by Crippen LogP contribution is 2.24. The maximum absolute atomic E-state index is 12.3. The van der Waals surface area contributed by atoms with Crippen LogP contribution in [0.2, 0.25) is 0 Å². The predicted octanol–water partition coefficient (Wildman–Crippen LogP) is 4.81. The van der Waals surface area contributed by atoms with Crippen molar-refractivity contribution < 1.29 is 4.79 Å². The summed E-state index contributed by atoms with van der Waals surface area (Å²) < 4.78 is 0.737. The first-order valence-electron chi connectivity index (χ1n) is 8.75. The van der Waals surface area contributed by atoms with Gasteiger partial charge in [-0.1, -0.05) is 19.1 Å². The summed E-state index contributed by atoms with van der Waals surface area (Å²) in [6.45, 7) is 4.52. The van der Waals surface area contributed by atoms with Gasteiger partial charge in [0.25, 0.3) is 5.91 Å². The van der Waals surface area contributed by atoms with E-state index in [1.54, 1.807) is 6.07 Å². The van der Waals surface area contributed by atoms with Gasteiger partial charge < -0.3 is 10.2 Å². The lowest BCUT2D eigenvalue weighted by Gasteiger charge is -2.32. The Labute approximate surface area is 168 Å². The van der Waals surface area contributed by atoms with Gasteiger partial charge in [0.1, 0.15) is 0 Å². The molecular weight excluding hydrogens is 410 g/mol. The van der Waals surface area contributed by atoms with Crippen molar-refractivity contribution in [2.24, 2.45) is 5.92 Å². The second-order valence-electron chi connectivity index (χ2n) is 6.60. The second kappa shape index (κ2) is 8.64. The molecule has 26 heavy (non-hydrogen) atoms. The van der Waals surface area contributed by atoms with Crippen LogP contribution in [0, 0.1) is 5.92 Å². The van der Waals surface area contributed by atoms with Gasteiger partial charge >= 0.3 is 0 Å². The Bertz CT molecular complexity index is 786. The standard InChI is InChI=1S/C20H22BrN3OS/c1-14-10-12-24(13-11-14)16-8-6-15(7-9-16)22-20(26)23-19(25)17-4-2-3-5-18(17)21/h2-9,14H,10-13H2,1H3,(H2,22,23,25,26). The maximum Gasteiger partial charge on any atom is 0.258 e. The van der Waals surface area contributed by atoms with Gasteiger partial charge in [-0.2, -0.15) is 0 Å². The molecule has 0 atom stereocenters. The molecule has 4 nitrogen and oxygen atoms in total. The normalized spacial score (nSPS) is 14.8. The third-order valence-electron chi connectivity index (χ3n) is 4.62. The van der Waals surface area contributed by atoms with E-state index in [-0.39, 0.29) is 11.0 Å². The summed E-state index contributed by atoms with van der Waals surface area (Å²) in [6.07, 6.45) is 2.48. The largest absolute Gasteiger partial charge is 0.372 e. The number of thiocarbonyl (C=S) groups is 1. The van der Waals surface area contributed by atoms with E-state index >= 15 is 0 Å². The summed E-state index contributed by atoms with van der Waals surface area (Å²) in [5.41, 5.74) is 2.63. The third-order valence-corrected chi connectivity index (χ3v) is 5.52. The molecule has 2 N–H and O–H groups in total. The van der Waals surface area contributed by atoms with Crippen molar-refractivity contribution >= 4 is 50.5 Å². The molecule has 0 unspecified atom stereocenters. The van der Waals surface area contributed by atoms with E-state index in [2.05, 4.69) is 50.5 Å². The van der Waals surface area contributed by atoms with E-state index in [0.29, 0.717) is 5.56 Å². The highest BCUT2D eigenvalue weighted by Gasteiger charge is 2.16. The lowest BCUT2D eigenvalue weighted by Crippen LogP contribution is -2.34. The molecule has 0 aliphatic carbocycles. The minimum Gasteiger partial charge on any atom is -0.372 e. The van der Waals surface area contributed by atoms with Crippen molar-refractivity contribution in [2.75, 3.05) is 23.3 Å². The van der Waals surface area contributed by atoms with E-state index in [1.165, 1.54) is 18.5 Å². The number of piperidine rings is 1. The number of hydrogen-bond donors (Lipinski definition) is 2. The molecular formula is C20H22BrN3OS. The van der Waals surface area contributed by atoms with Crippen LogP contribution in [0.3, 0.4) is 0 Å². The van der Waals surface area contributed by atoms with Crippen LogP contribution in [0.25, 0.3) is 0 Å². The fraction of sp³-hybridized carbons (Fsp3) is 0.300. The number of anilines is 2. The zero-order valence-corrected chi connectivity index (χ0v) is 17.1. The van der Waals surface area contributed by atoms with Crippen LogP contribution < -0.4 is 15.5 Å². The van der Waals surface area contributed by atoms with Crippen molar-refractivity contribution in [1.29, 1.82) is 0 Å². The number of benzene rings is 2. The summed E-state index contributed by atoms with van der Waals surface area (Å²) in [6, 6.07) is 15.4. The summed E-state index contributed by atoms with van der Waals surface area (Å²) >= 11 is 8.63. The Morgan fingerprint density at radius 1 is 1.12 bits per heavy atom. The number of amides is 1. The van der Waals surface area contributed by atoms with Gasteiger partial charge in [-0.05, 0) is 83.3 Å². The van der Waals surface area contributed by atoms with Crippen LogP contribution in [0.5, 0.6) is 0 Å². The van der Waals surface area contributed by atoms with Crippen molar-refractivity contribution in [2.45, 2.75) is 19.8 Å². The Hall–Kier alpha value is -1.92. The SMILES string of the molecule is CC1CCN(c2ccc(NC(=S)NC(=O)c3ccccc3Br)cc2)CC1. The minimum absolute atomic E-state index is 0.242. The molecule has 2 aromatic rings. The Morgan fingerprint density at radius 2 is 1.77 bits per heavy atom. The van der Waals surface area contributed by atoms with Gasteiger partial charge in [0.15, 0.2) is 5.11 Å². The van der Waals surface area contributed by atoms with Crippen molar-refractivity contribution in [3.63, 3.8) is 0 Å². The van der Waals surface area contributed by atoms with Crippen LogP contribution in [0.1, 0.15) is 30.1 Å². The van der Waals surface area contributed by atoms with Gasteiger partial charge in [-0.3, -0.25) is 10.1 Å². The predicted molar refractivity (Wildman–Crippen MR) is 115 cm³/mol. The molecule has 3 rings (SSSR count). The van der Waals surface area contributed by atoms with Crippen LogP contribution in [0.15, 0.2) is 53.0 Å². The molecule has 6 heteroatoms.